The Labute approximate surface area is 101 Å². The van der Waals surface area contributed by atoms with E-state index in [1.807, 2.05) is 0 Å². The van der Waals surface area contributed by atoms with Crippen LogP contribution in [0.2, 0.25) is 0 Å². The zero-order valence-corrected chi connectivity index (χ0v) is 9.93. The normalized spacial score (nSPS) is 27.8. The molecule has 0 heterocycles. The van der Waals surface area contributed by atoms with E-state index in [4.69, 9.17) is 15.7 Å². The van der Waals surface area contributed by atoms with Crippen LogP contribution in [0.1, 0.15) is 32.1 Å². The van der Waals surface area contributed by atoms with Gasteiger partial charge in [-0.15, -0.1) is 0 Å². The Balaban J connectivity index is 1.72. The quantitative estimate of drug-likeness (QED) is 0.171. The van der Waals surface area contributed by atoms with Crippen LogP contribution in [0.25, 0.3) is 10.4 Å². The molecule has 0 saturated heterocycles. The molecule has 0 aromatic carbocycles. The number of nitrogens with one attached hydrogen (secondary N) is 1. The Kier molecular flexibility index (Phi) is 3.38. The predicted octanol–water partition coefficient (Wildman–Crippen LogP) is 3.43. The van der Waals surface area contributed by atoms with Crippen LogP contribution in [0.15, 0.2) is 17.5 Å². The van der Waals surface area contributed by atoms with E-state index in [9.17, 15) is 0 Å². The third-order valence-electron chi connectivity index (χ3n) is 3.73. The third-order valence-corrected chi connectivity index (χ3v) is 3.73. The lowest BCUT2D eigenvalue weighted by molar-refractivity contribution is 0.0824. The molecule has 2 fully saturated rings. The molecule has 0 aromatic rings. The maximum absolute atomic E-state index is 8.17. The van der Waals surface area contributed by atoms with Crippen LogP contribution in [0.5, 0.6) is 0 Å². The molecule has 2 aliphatic carbocycles. The standard InChI is InChI=1S/C12H18N4O/c1-9(8-13)17-12(4-5-12)11-7-10(11)3-2-6-15-16-14/h8,10-11,13H,1-7H2. The Morgan fingerprint density at radius 2 is 2.41 bits per heavy atom. The van der Waals surface area contributed by atoms with Crippen molar-refractivity contribution in [2.75, 3.05) is 6.54 Å². The number of rotatable bonds is 8. The average Bonchev–Trinajstić information content (AvgIpc) is 3.19. The molecule has 5 nitrogen and oxygen atoms in total. The lowest BCUT2D eigenvalue weighted by Crippen LogP contribution is -2.18. The molecule has 5 heteroatoms. The molecule has 0 amide bonds. The fourth-order valence-electron chi connectivity index (χ4n) is 2.64. The van der Waals surface area contributed by atoms with Gasteiger partial charge in [-0.2, -0.15) is 0 Å². The molecule has 2 aliphatic rings. The van der Waals surface area contributed by atoms with E-state index in [-0.39, 0.29) is 5.60 Å². The van der Waals surface area contributed by atoms with E-state index >= 15 is 0 Å². The molecule has 2 unspecified atom stereocenters. The fraction of sp³-hybridized carbons (Fsp3) is 0.750. The minimum atomic E-state index is -0.00219. The van der Waals surface area contributed by atoms with Gasteiger partial charge in [-0.3, -0.25) is 0 Å². The molecule has 1 N–H and O–H groups in total. The number of nitrogens with zero attached hydrogens (tertiary/aromatic N) is 3. The summed E-state index contributed by atoms with van der Waals surface area (Å²) >= 11 is 0. The van der Waals surface area contributed by atoms with Crippen molar-refractivity contribution >= 4 is 6.21 Å². The van der Waals surface area contributed by atoms with Gasteiger partial charge in [0, 0.05) is 17.4 Å². The first-order valence-electron chi connectivity index (χ1n) is 6.11. The van der Waals surface area contributed by atoms with Crippen LogP contribution in [0, 0.1) is 17.2 Å². The van der Waals surface area contributed by atoms with Gasteiger partial charge in [0.25, 0.3) is 0 Å². The van der Waals surface area contributed by atoms with Crippen LogP contribution >= 0.6 is 0 Å². The highest BCUT2D eigenvalue weighted by molar-refractivity contribution is 5.71. The van der Waals surface area contributed by atoms with Gasteiger partial charge in [-0.1, -0.05) is 11.7 Å². The summed E-state index contributed by atoms with van der Waals surface area (Å²) in [6, 6.07) is 0. The number of azide groups is 1. The van der Waals surface area contributed by atoms with Crippen LogP contribution < -0.4 is 0 Å². The van der Waals surface area contributed by atoms with Crippen molar-refractivity contribution in [2.24, 2.45) is 17.0 Å². The molecule has 0 aromatic heterocycles. The molecule has 0 radical (unpaired) electrons. The van der Waals surface area contributed by atoms with Crippen molar-refractivity contribution in [1.82, 2.24) is 0 Å². The largest absolute Gasteiger partial charge is 0.486 e. The number of hydrogen-bond acceptors (Lipinski definition) is 3. The second-order valence-electron chi connectivity index (χ2n) is 4.98. The van der Waals surface area contributed by atoms with Gasteiger partial charge in [0.1, 0.15) is 11.4 Å². The van der Waals surface area contributed by atoms with Crippen molar-refractivity contribution in [3.05, 3.63) is 22.8 Å². The molecule has 2 saturated carbocycles. The number of ether oxygens (including phenoxy) is 1. The van der Waals surface area contributed by atoms with Crippen molar-refractivity contribution in [2.45, 2.75) is 37.7 Å². The van der Waals surface area contributed by atoms with E-state index < -0.39 is 0 Å². The smallest absolute Gasteiger partial charge is 0.130 e. The minimum absolute atomic E-state index is 0.00219. The topological polar surface area (TPSA) is 81.8 Å². The molecular weight excluding hydrogens is 216 g/mol. The van der Waals surface area contributed by atoms with Gasteiger partial charge >= 0.3 is 0 Å². The van der Waals surface area contributed by atoms with Gasteiger partial charge in [0.05, 0.1) is 6.21 Å². The van der Waals surface area contributed by atoms with E-state index in [2.05, 4.69) is 16.6 Å². The molecule has 2 atom stereocenters. The van der Waals surface area contributed by atoms with E-state index in [1.165, 1.54) is 12.6 Å². The van der Waals surface area contributed by atoms with Crippen LogP contribution in [-0.2, 0) is 4.74 Å². The number of allylic oxidation sites excluding steroid dienone is 1. The highest BCUT2D eigenvalue weighted by atomic mass is 16.5. The summed E-state index contributed by atoms with van der Waals surface area (Å²) in [5, 5.41) is 10.6. The van der Waals surface area contributed by atoms with Gasteiger partial charge < -0.3 is 10.1 Å². The highest BCUT2D eigenvalue weighted by Gasteiger charge is 2.61. The molecule has 0 aliphatic heterocycles. The maximum Gasteiger partial charge on any atom is 0.130 e. The second kappa shape index (κ2) is 4.80. The monoisotopic (exact) mass is 234 g/mol. The van der Waals surface area contributed by atoms with Crippen molar-refractivity contribution in [1.29, 1.82) is 5.41 Å². The van der Waals surface area contributed by atoms with Gasteiger partial charge in [0.2, 0.25) is 0 Å². The third kappa shape index (κ3) is 2.80. The second-order valence-corrected chi connectivity index (χ2v) is 4.98. The molecule has 17 heavy (non-hydrogen) atoms. The zero-order valence-electron chi connectivity index (χ0n) is 9.93. The predicted molar refractivity (Wildman–Crippen MR) is 65.8 cm³/mol. The summed E-state index contributed by atoms with van der Waals surface area (Å²) in [7, 11) is 0. The molecular formula is C12H18N4O. The van der Waals surface area contributed by atoms with E-state index in [0.29, 0.717) is 24.1 Å². The van der Waals surface area contributed by atoms with E-state index in [0.717, 1.165) is 25.7 Å². The minimum Gasteiger partial charge on any atom is -0.486 e. The lowest BCUT2D eigenvalue weighted by Gasteiger charge is -2.17. The Morgan fingerprint density at radius 3 is 3.00 bits per heavy atom. The zero-order chi connectivity index (χ0) is 12.3. The molecule has 2 rings (SSSR count). The SMILES string of the molecule is C=C(C=N)OC1(C2CC2CCCN=[N+]=[N-])CC1. The molecule has 0 bridgehead atoms. The average molecular weight is 234 g/mol. The molecule has 92 valence electrons. The Hall–Kier alpha value is -1.48. The highest BCUT2D eigenvalue weighted by Crippen LogP contribution is 2.61. The summed E-state index contributed by atoms with van der Waals surface area (Å²) in [5.74, 6) is 1.82. The Morgan fingerprint density at radius 1 is 1.65 bits per heavy atom. The van der Waals surface area contributed by atoms with Gasteiger partial charge in [-0.05, 0) is 43.6 Å². The van der Waals surface area contributed by atoms with Crippen LogP contribution in [-0.4, -0.2) is 18.4 Å². The molecule has 0 spiro atoms. The summed E-state index contributed by atoms with van der Waals surface area (Å²) in [6.45, 7) is 4.30. The van der Waals surface area contributed by atoms with Gasteiger partial charge in [0.15, 0.2) is 0 Å². The van der Waals surface area contributed by atoms with Crippen molar-refractivity contribution in [3.63, 3.8) is 0 Å². The van der Waals surface area contributed by atoms with Crippen molar-refractivity contribution < 1.29 is 4.74 Å². The van der Waals surface area contributed by atoms with E-state index in [1.54, 1.807) is 0 Å². The maximum atomic E-state index is 8.17. The van der Waals surface area contributed by atoms with Crippen LogP contribution in [0.4, 0.5) is 0 Å². The summed E-state index contributed by atoms with van der Waals surface area (Å²) in [5.41, 5.74) is 8.17. The lowest BCUT2D eigenvalue weighted by atomic mass is 10.1. The fourth-order valence-corrected chi connectivity index (χ4v) is 2.64. The Bertz CT molecular complexity index is 369. The van der Waals surface area contributed by atoms with Gasteiger partial charge in [-0.25, -0.2) is 0 Å². The first kappa shape index (κ1) is 12.0. The first-order chi connectivity index (χ1) is 8.22. The van der Waals surface area contributed by atoms with Crippen molar-refractivity contribution in [3.8, 4) is 0 Å². The summed E-state index contributed by atoms with van der Waals surface area (Å²) < 4.78 is 5.76. The first-order valence-corrected chi connectivity index (χ1v) is 6.11. The summed E-state index contributed by atoms with van der Waals surface area (Å²) in [6.07, 6.45) is 6.66. The summed E-state index contributed by atoms with van der Waals surface area (Å²) in [4.78, 5) is 2.75. The number of hydrogen-bond donors (Lipinski definition) is 1. The van der Waals surface area contributed by atoms with Crippen LogP contribution in [0.3, 0.4) is 0 Å².